The van der Waals surface area contributed by atoms with Crippen molar-refractivity contribution in [3.63, 3.8) is 0 Å². The lowest BCUT2D eigenvalue weighted by molar-refractivity contribution is 0.0202. The zero-order valence-electron chi connectivity index (χ0n) is 85.2. The number of hydrogen-bond acceptors (Lipinski definition) is 0. The zero-order valence-corrected chi connectivity index (χ0v) is 85.2. The molecule has 110 heavy (non-hydrogen) atoms. The fourth-order valence-electron chi connectivity index (χ4n) is 32.3. The molecule has 0 aromatic rings. The summed E-state index contributed by atoms with van der Waals surface area (Å²) in [7, 11) is 0. The first-order valence-corrected chi connectivity index (χ1v) is 49.3. The highest BCUT2D eigenvalue weighted by Crippen LogP contribution is 2.66. The predicted molar refractivity (Wildman–Crippen MR) is 499 cm³/mol. The molecule has 0 amide bonds. The van der Waals surface area contributed by atoms with Crippen molar-refractivity contribution in [2.24, 2.45) is 193 Å². The second-order valence-electron chi connectivity index (χ2n) is 55.7. The Morgan fingerprint density at radius 1 is 0.327 bits per heavy atom. The van der Waals surface area contributed by atoms with Crippen molar-refractivity contribution in [2.75, 3.05) is 0 Å². The molecule has 13 aliphatic carbocycles. The third-order valence-electron chi connectivity index (χ3n) is 37.5. The molecule has 0 nitrogen and oxygen atoms in total. The van der Waals surface area contributed by atoms with Gasteiger partial charge >= 0.3 is 0 Å². The zero-order chi connectivity index (χ0) is 85.2. The van der Waals surface area contributed by atoms with E-state index < -0.39 is 0 Å². The molecule has 9 unspecified atom stereocenters. The van der Waals surface area contributed by atoms with Crippen LogP contribution in [-0.4, -0.2) is 0 Å². The first-order valence-electron chi connectivity index (χ1n) is 49.3. The average Bonchev–Trinajstić information content (AvgIpc) is 1.57. The van der Waals surface area contributed by atoms with Crippen LogP contribution in [0.4, 0.5) is 0 Å². The second-order valence-corrected chi connectivity index (χ2v) is 55.7. The Labute approximate surface area is 698 Å². The molecule has 6 bridgehead atoms. The highest BCUT2D eigenvalue weighted by molar-refractivity contribution is 5.07. The van der Waals surface area contributed by atoms with Gasteiger partial charge in [-0.05, 0) is 353 Å². The van der Waals surface area contributed by atoms with Gasteiger partial charge in [0, 0.05) is 0 Å². The first-order chi connectivity index (χ1) is 49.3. The maximum atomic E-state index is 2.46. The molecule has 0 radical (unpaired) electrons. The summed E-state index contributed by atoms with van der Waals surface area (Å²) in [6.45, 7) is 109. The van der Waals surface area contributed by atoms with E-state index in [0.29, 0.717) is 92.1 Å². The van der Waals surface area contributed by atoms with E-state index in [1.165, 1.54) is 167 Å². The van der Waals surface area contributed by atoms with E-state index in [1.807, 2.05) is 0 Å². The van der Waals surface area contributed by atoms with Crippen LogP contribution in [0.3, 0.4) is 0 Å². The van der Waals surface area contributed by atoms with Gasteiger partial charge in [0.2, 0.25) is 0 Å². The molecule has 654 valence electrons. The first kappa shape index (κ1) is 102. The molecule has 13 fully saturated rings. The minimum atomic E-state index is 0.459. The Morgan fingerprint density at radius 2 is 0.709 bits per heavy atom. The lowest BCUT2D eigenvalue weighted by atomic mass is 9.56. The smallest absolute Gasteiger partial charge is 0.0249 e. The molecule has 0 spiro atoms. The number of hydrogen-bond donors (Lipinski definition) is 0. The van der Waals surface area contributed by atoms with Crippen molar-refractivity contribution < 1.29 is 0 Å². The van der Waals surface area contributed by atoms with E-state index in [2.05, 4.69) is 312 Å². The van der Waals surface area contributed by atoms with Gasteiger partial charge in [0.25, 0.3) is 0 Å². The monoisotopic (exact) mass is 1540 g/mol. The second kappa shape index (κ2) is 37.6. The van der Waals surface area contributed by atoms with Crippen LogP contribution in [0, 0.1) is 193 Å². The standard InChI is InChI=1S/C13H26.3C12H24.3C11H22.C10H18.2C9H16/c1-8-10-9-11(2,3)13(6,7)12(10,4)5;1-10(2)7-11(3,4)9-12(5,6)8-10;1-9(2)10-11(3,4)7-8-12(10,5)6;1-6-10-7-11(2,3)9-12(4,5)8-10;1-9-6-10(2,3)8-11(4,5)7-9;1-9-10(2,3)7-6-8-11(9,4)5;1-6-9-10(2,3)7-8-11(9,4)5;1-7-8-4-5-9(6-8)10(7,2)3;1-6-7(2)9-4-3-8(6)5-9;1-2-8-5-7-3-4-9(8)6-7/h10H,8-9H2,1-7H3;7-9H2,1-6H3;9-10H,7-8H2,1-6H3;10H,6-9H2,1-5H3;3*9H,6-8H2,1-5H3;7-9H,4-6H2,1-3H3;6-9H,3-5H2,1-2H3;7-9H,2-6H2,1H3/t;;;;;;;7-,8?,9?;6-,7?,8?,9?;/m.......10./s1. The van der Waals surface area contributed by atoms with E-state index >= 15 is 0 Å². The molecule has 13 saturated carbocycles. The van der Waals surface area contributed by atoms with Crippen LogP contribution < -0.4 is 0 Å². The molecule has 0 heterocycles. The molecule has 13 aliphatic rings. The Bertz CT molecular complexity index is 2540. The third kappa shape index (κ3) is 27.5. The van der Waals surface area contributed by atoms with Crippen molar-refractivity contribution in [1.82, 2.24) is 0 Å². The molecule has 0 N–H and O–H groups in total. The van der Waals surface area contributed by atoms with Gasteiger partial charge < -0.3 is 0 Å². The summed E-state index contributed by atoms with van der Waals surface area (Å²) in [5.74, 6) is 17.2. The summed E-state index contributed by atoms with van der Waals surface area (Å²) < 4.78 is 0. The third-order valence-corrected chi connectivity index (χ3v) is 37.5. The van der Waals surface area contributed by atoms with E-state index in [1.54, 1.807) is 32.1 Å². The highest BCUT2D eigenvalue weighted by atomic mass is 14.6. The molecule has 11 atom stereocenters. The quantitative estimate of drug-likeness (QED) is 0.257. The van der Waals surface area contributed by atoms with Crippen LogP contribution >= 0.6 is 0 Å². The minimum absolute atomic E-state index is 0.459. The van der Waals surface area contributed by atoms with Gasteiger partial charge in [-0.15, -0.1) is 0 Å². The van der Waals surface area contributed by atoms with Gasteiger partial charge in [-0.25, -0.2) is 0 Å². The van der Waals surface area contributed by atoms with E-state index in [0.717, 1.165) is 101 Å². The molecule has 0 heteroatoms. The number of fused-ring (bicyclic) bond motifs is 6. The lowest BCUT2D eigenvalue weighted by Crippen LogP contribution is -2.38. The van der Waals surface area contributed by atoms with Crippen LogP contribution in [0.25, 0.3) is 0 Å². The largest absolute Gasteiger partial charge is 0.0651 e. The summed E-state index contributed by atoms with van der Waals surface area (Å²) >= 11 is 0. The van der Waals surface area contributed by atoms with Crippen molar-refractivity contribution >= 4 is 0 Å². The maximum Gasteiger partial charge on any atom is -0.0249 e. The van der Waals surface area contributed by atoms with Crippen molar-refractivity contribution in [3.05, 3.63) is 0 Å². The lowest BCUT2D eigenvalue weighted by Gasteiger charge is -2.49. The van der Waals surface area contributed by atoms with Gasteiger partial charge in [-0.3, -0.25) is 0 Å². The van der Waals surface area contributed by atoms with Crippen molar-refractivity contribution in [3.8, 4) is 0 Å². The molecular weight excluding hydrogens is 1320 g/mol. The summed E-state index contributed by atoms with van der Waals surface area (Å²) in [5.41, 5.74) is 9.57. The van der Waals surface area contributed by atoms with Gasteiger partial charge in [0.1, 0.15) is 0 Å². The van der Waals surface area contributed by atoms with Gasteiger partial charge in [-0.1, -0.05) is 350 Å². The summed E-state index contributed by atoms with van der Waals surface area (Å²) in [4.78, 5) is 0. The summed E-state index contributed by atoms with van der Waals surface area (Å²) in [5, 5.41) is 0. The predicted octanol–water partition coefficient (Wildman–Crippen LogP) is 37.3. The van der Waals surface area contributed by atoms with E-state index in [4.69, 9.17) is 0 Å². The Kier molecular flexibility index (Phi) is 34.9. The molecule has 0 aliphatic heterocycles. The normalized spacial score (nSPS) is 35.9. The van der Waals surface area contributed by atoms with Gasteiger partial charge in [-0.2, -0.15) is 0 Å². The van der Waals surface area contributed by atoms with E-state index in [-0.39, 0.29) is 0 Å². The molecular formula is C110H214. The topological polar surface area (TPSA) is 0 Å². The average molecular weight is 1540 g/mol. The van der Waals surface area contributed by atoms with E-state index in [9.17, 15) is 0 Å². The molecule has 13 rings (SSSR count). The molecule has 0 aromatic heterocycles. The van der Waals surface area contributed by atoms with Gasteiger partial charge in [0.05, 0.1) is 0 Å². The number of rotatable bonds is 5. The van der Waals surface area contributed by atoms with Crippen molar-refractivity contribution in [1.29, 1.82) is 0 Å². The maximum absolute atomic E-state index is 2.46. The van der Waals surface area contributed by atoms with Crippen LogP contribution in [0.15, 0.2) is 0 Å². The highest BCUT2D eigenvalue weighted by Gasteiger charge is 2.58. The summed E-state index contributed by atoms with van der Waals surface area (Å²) in [6.07, 6.45) is 44.9. The fraction of sp³-hybridized carbons (Fsp3) is 1.00. The van der Waals surface area contributed by atoms with Crippen LogP contribution in [-0.2, 0) is 0 Å². The van der Waals surface area contributed by atoms with Crippen molar-refractivity contribution in [2.45, 2.75) is 511 Å². The fourth-order valence-corrected chi connectivity index (χ4v) is 32.3. The van der Waals surface area contributed by atoms with Crippen LogP contribution in [0.5, 0.6) is 0 Å². The SMILES string of the molecule is CC(C)C1C(C)(C)CCC1(C)C.CC1(C)CC(C)(C)CC(C)(C)C1.CC1C(C)(C)CCCC1(C)C.CC1C2CCC(C2)[C@H]1C.CC1CC(C)(C)CC(C)(C)C1.CCC1C(C)(C)CCC1(C)C.CCC1CC(C)(C)C(C)(C)C1(C)C.CCC1CC(C)(C)CC(C)(C)C1.CCC1CC2CCC1C2.C[C@@H]1C2CCC(C2)C1(C)C. The van der Waals surface area contributed by atoms with Crippen LogP contribution in [0.2, 0.25) is 0 Å². The Hall–Kier alpha value is 0. The summed E-state index contributed by atoms with van der Waals surface area (Å²) in [6, 6.07) is 0. The Morgan fingerprint density at radius 3 is 0.936 bits per heavy atom. The van der Waals surface area contributed by atoms with Crippen LogP contribution in [0.1, 0.15) is 511 Å². The Balaban J connectivity index is 0.000000258. The molecule has 0 saturated heterocycles. The molecule has 0 aromatic carbocycles. The minimum Gasteiger partial charge on any atom is -0.0651 e. The van der Waals surface area contributed by atoms with Gasteiger partial charge in [0.15, 0.2) is 0 Å².